The molecule has 6 nitrogen and oxygen atoms in total. The van der Waals surface area contributed by atoms with Gasteiger partial charge in [0.2, 0.25) is 0 Å². The van der Waals surface area contributed by atoms with Crippen LogP contribution in [-0.4, -0.2) is 22.0 Å². The number of hydrogen-bond acceptors (Lipinski definition) is 4. The second-order valence-corrected chi connectivity index (χ2v) is 4.84. The molecule has 0 saturated heterocycles. The smallest absolute Gasteiger partial charge is 0.337 e. The number of nitrogens with one attached hydrogen (secondary N) is 1. The van der Waals surface area contributed by atoms with Gasteiger partial charge in [0, 0.05) is 16.4 Å². The number of nitrogen functional groups attached to an aromatic ring is 1. The Morgan fingerprint density at radius 2 is 2.00 bits per heavy atom. The highest BCUT2D eigenvalue weighted by atomic mass is 79.9. The zero-order valence-electron chi connectivity index (χ0n) is 10.1. The number of carboxylic acid groups (broad SMARTS) is 1. The molecule has 0 unspecified atom stereocenters. The predicted molar refractivity (Wildman–Crippen MR) is 77.7 cm³/mol. The Morgan fingerprint density at radius 3 is 2.60 bits per heavy atom. The summed E-state index contributed by atoms with van der Waals surface area (Å²) in [5, 5.41) is 11.6. The van der Waals surface area contributed by atoms with Gasteiger partial charge in [-0.05, 0) is 46.3 Å². The van der Waals surface area contributed by atoms with E-state index in [2.05, 4.69) is 26.2 Å². The second kappa shape index (κ2) is 5.70. The van der Waals surface area contributed by atoms with Gasteiger partial charge in [-0.15, -0.1) is 0 Å². The molecule has 7 heteroatoms. The number of benzene rings is 1. The van der Waals surface area contributed by atoms with Gasteiger partial charge in [-0.25, -0.2) is 9.78 Å². The van der Waals surface area contributed by atoms with Crippen molar-refractivity contribution in [2.75, 3.05) is 11.1 Å². The molecule has 2 aromatic rings. The largest absolute Gasteiger partial charge is 0.478 e. The van der Waals surface area contributed by atoms with Crippen molar-refractivity contribution >= 4 is 39.2 Å². The van der Waals surface area contributed by atoms with E-state index < -0.39 is 11.9 Å². The maximum Gasteiger partial charge on any atom is 0.337 e. The summed E-state index contributed by atoms with van der Waals surface area (Å²) in [6.07, 6.45) is 1.48. The van der Waals surface area contributed by atoms with Crippen molar-refractivity contribution < 1.29 is 14.7 Å². The number of aromatic carboxylic acids is 1. The van der Waals surface area contributed by atoms with Gasteiger partial charge in [0.15, 0.2) is 0 Å². The number of rotatable bonds is 3. The average molecular weight is 336 g/mol. The number of anilines is 2. The number of amides is 1. The summed E-state index contributed by atoms with van der Waals surface area (Å²) in [5.41, 5.74) is 6.11. The number of carboxylic acids is 1. The van der Waals surface area contributed by atoms with E-state index in [0.29, 0.717) is 5.69 Å². The number of nitrogens with zero attached hydrogens (tertiary/aromatic N) is 1. The highest BCUT2D eigenvalue weighted by Gasteiger charge is 2.14. The Balaban J connectivity index is 2.28. The molecule has 4 N–H and O–H groups in total. The molecule has 0 fully saturated rings. The van der Waals surface area contributed by atoms with E-state index in [1.165, 1.54) is 30.5 Å². The third-order valence-corrected chi connectivity index (χ3v) is 2.95. The lowest BCUT2D eigenvalue weighted by atomic mass is 10.1. The lowest BCUT2D eigenvalue weighted by Gasteiger charge is -2.08. The van der Waals surface area contributed by atoms with Crippen LogP contribution in [0.1, 0.15) is 20.8 Å². The molecule has 0 radical (unpaired) electrons. The number of pyridine rings is 1. The van der Waals surface area contributed by atoms with E-state index in [1.807, 2.05) is 0 Å². The fourth-order valence-electron chi connectivity index (χ4n) is 1.54. The van der Waals surface area contributed by atoms with Crippen LogP contribution in [0.3, 0.4) is 0 Å². The van der Waals surface area contributed by atoms with Crippen LogP contribution in [0, 0.1) is 0 Å². The van der Waals surface area contributed by atoms with Crippen LogP contribution in [-0.2, 0) is 0 Å². The molecule has 0 spiro atoms. The summed E-state index contributed by atoms with van der Waals surface area (Å²) < 4.78 is 0.743. The average Bonchev–Trinajstić information content (AvgIpc) is 2.41. The van der Waals surface area contributed by atoms with Crippen LogP contribution in [0.2, 0.25) is 0 Å². The zero-order chi connectivity index (χ0) is 14.7. The minimum absolute atomic E-state index is 0.0736. The molecule has 102 valence electrons. The fraction of sp³-hybridized carbons (Fsp3) is 0. The van der Waals surface area contributed by atoms with Crippen molar-refractivity contribution in [3.63, 3.8) is 0 Å². The summed E-state index contributed by atoms with van der Waals surface area (Å²) in [5.74, 6) is -1.67. The first-order chi connectivity index (χ1) is 9.47. The third-order valence-electron chi connectivity index (χ3n) is 2.48. The van der Waals surface area contributed by atoms with Gasteiger partial charge < -0.3 is 16.2 Å². The topological polar surface area (TPSA) is 105 Å². The molecular weight excluding hydrogens is 326 g/mol. The Hall–Kier alpha value is -2.41. The summed E-state index contributed by atoms with van der Waals surface area (Å²) in [6.45, 7) is 0. The summed E-state index contributed by atoms with van der Waals surface area (Å²) in [6, 6.07) is 7.43. The molecule has 0 saturated carbocycles. The molecule has 0 aliphatic rings. The zero-order valence-corrected chi connectivity index (χ0v) is 11.7. The fourth-order valence-corrected chi connectivity index (χ4v) is 1.78. The van der Waals surface area contributed by atoms with Crippen LogP contribution in [0.15, 0.2) is 41.0 Å². The molecule has 0 aliphatic heterocycles. The molecule has 1 aromatic carbocycles. The summed E-state index contributed by atoms with van der Waals surface area (Å²) in [7, 11) is 0. The monoisotopic (exact) mass is 335 g/mol. The van der Waals surface area contributed by atoms with Crippen molar-refractivity contribution in [1.29, 1.82) is 0 Å². The molecule has 1 heterocycles. The molecule has 0 aliphatic carbocycles. The Morgan fingerprint density at radius 1 is 1.25 bits per heavy atom. The quantitative estimate of drug-likeness (QED) is 0.747. The highest BCUT2D eigenvalue weighted by molar-refractivity contribution is 9.10. The van der Waals surface area contributed by atoms with E-state index in [-0.39, 0.29) is 16.9 Å². The van der Waals surface area contributed by atoms with Crippen LogP contribution >= 0.6 is 15.9 Å². The molecule has 20 heavy (non-hydrogen) atoms. The van der Waals surface area contributed by atoms with Gasteiger partial charge in [-0.3, -0.25) is 4.79 Å². The summed E-state index contributed by atoms with van der Waals surface area (Å²) >= 11 is 3.21. The minimum Gasteiger partial charge on any atom is -0.478 e. The molecule has 1 amide bonds. The van der Waals surface area contributed by atoms with Gasteiger partial charge in [-0.1, -0.05) is 0 Å². The normalized spacial score (nSPS) is 10.1. The Bertz CT molecular complexity index is 671. The van der Waals surface area contributed by atoms with Gasteiger partial charge in [0.25, 0.3) is 5.91 Å². The third kappa shape index (κ3) is 3.12. The number of nitrogens with two attached hydrogens (primary N) is 1. The van der Waals surface area contributed by atoms with Crippen LogP contribution in [0.5, 0.6) is 0 Å². The van der Waals surface area contributed by atoms with Crippen LogP contribution in [0.4, 0.5) is 11.4 Å². The van der Waals surface area contributed by atoms with E-state index in [0.717, 1.165) is 4.47 Å². The van der Waals surface area contributed by atoms with Crippen molar-refractivity contribution in [3.8, 4) is 0 Å². The van der Waals surface area contributed by atoms with Gasteiger partial charge in [0.05, 0.1) is 11.3 Å². The first-order valence-electron chi connectivity index (χ1n) is 5.53. The Kier molecular flexibility index (Phi) is 3.99. The number of halogens is 1. The molecule has 1 aromatic heterocycles. The van der Waals surface area contributed by atoms with Crippen molar-refractivity contribution in [2.45, 2.75) is 0 Å². The van der Waals surface area contributed by atoms with Gasteiger partial charge in [-0.2, -0.15) is 0 Å². The standard InChI is InChI=1S/C13H10BrN3O3/c14-7-1-3-11(16-6-7)12(18)17-10-4-2-8(15)5-9(10)13(19)20/h1-6H,15H2,(H,17,18)(H,19,20). The van der Waals surface area contributed by atoms with Crippen molar-refractivity contribution in [1.82, 2.24) is 4.98 Å². The Labute approximate surface area is 122 Å². The van der Waals surface area contributed by atoms with Crippen molar-refractivity contribution in [2.24, 2.45) is 0 Å². The van der Waals surface area contributed by atoms with E-state index >= 15 is 0 Å². The van der Waals surface area contributed by atoms with E-state index in [1.54, 1.807) is 6.07 Å². The minimum atomic E-state index is -1.17. The number of carbonyl (C=O) groups excluding carboxylic acids is 1. The highest BCUT2D eigenvalue weighted by Crippen LogP contribution is 2.19. The number of hydrogen-bond donors (Lipinski definition) is 3. The van der Waals surface area contributed by atoms with E-state index in [4.69, 9.17) is 10.8 Å². The van der Waals surface area contributed by atoms with Gasteiger partial charge >= 0.3 is 5.97 Å². The number of carbonyl (C=O) groups is 2. The molecule has 0 bridgehead atoms. The predicted octanol–water partition coefficient (Wildman–Crippen LogP) is 2.38. The van der Waals surface area contributed by atoms with E-state index in [9.17, 15) is 9.59 Å². The molecular formula is C13H10BrN3O3. The SMILES string of the molecule is Nc1ccc(NC(=O)c2ccc(Br)cn2)c(C(=O)O)c1. The lowest BCUT2D eigenvalue weighted by molar-refractivity contribution is 0.0698. The first-order valence-corrected chi connectivity index (χ1v) is 6.32. The second-order valence-electron chi connectivity index (χ2n) is 3.93. The van der Waals surface area contributed by atoms with Crippen LogP contribution in [0.25, 0.3) is 0 Å². The molecule has 2 rings (SSSR count). The molecule has 0 atom stereocenters. The van der Waals surface area contributed by atoms with Crippen molar-refractivity contribution in [3.05, 3.63) is 52.3 Å². The summed E-state index contributed by atoms with van der Waals surface area (Å²) in [4.78, 5) is 27.0. The maximum absolute atomic E-state index is 12.0. The maximum atomic E-state index is 12.0. The number of aromatic nitrogens is 1. The van der Waals surface area contributed by atoms with Gasteiger partial charge in [0.1, 0.15) is 5.69 Å². The first kappa shape index (κ1) is 14.0. The van der Waals surface area contributed by atoms with Crippen LogP contribution < -0.4 is 11.1 Å². The lowest BCUT2D eigenvalue weighted by Crippen LogP contribution is -2.16.